The second-order valence-electron chi connectivity index (χ2n) is 13.9. The highest BCUT2D eigenvalue weighted by Crippen LogP contribution is 2.60. The standard InChI is InChI=1S/C32H54O5/c1-21-24(19-25(33)20-28(21)34)12-11-22-10-8-18-32(6)26(22)14-15-27(32)23(9-7-17-30(2,3)36)13-16-29(35)31(4,5)37/h11-12,23,25-29,33-37H,1,7-10,13-20H2,2-6H3/b22-11+,24-12-/t23?,25-,26?,27?,28+,29?,32+/m1/s1. The summed E-state index contributed by atoms with van der Waals surface area (Å²) < 4.78 is 0. The maximum Gasteiger partial charge on any atom is 0.0849 e. The van der Waals surface area contributed by atoms with Gasteiger partial charge in [-0.1, -0.05) is 44.1 Å². The average Bonchev–Trinajstić information content (AvgIpc) is 3.13. The van der Waals surface area contributed by atoms with Crippen molar-refractivity contribution in [1.29, 1.82) is 0 Å². The molecule has 0 heterocycles. The first-order valence-electron chi connectivity index (χ1n) is 14.7. The summed E-state index contributed by atoms with van der Waals surface area (Å²) in [5.41, 5.74) is 1.62. The molecule has 0 amide bonds. The first-order chi connectivity index (χ1) is 17.1. The predicted molar refractivity (Wildman–Crippen MR) is 150 cm³/mol. The number of aliphatic hydroxyl groups is 5. The molecule has 3 aliphatic rings. The Hall–Kier alpha value is -0.980. The van der Waals surface area contributed by atoms with Crippen LogP contribution in [0.5, 0.6) is 0 Å². The lowest BCUT2D eigenvalue weighted by molar-refractivity contribution is -0.0563. The smallest absolute Gasteiger partial charge is 0.0849 e. The molecule has 0 radical (unpaired) electrons. The summed E-state index contributed by atoms with van der Waals surface area (Å²) in [6, 6.07) is 0. The van der Waals surface area contributed by atoms with Crippen molar-refractivity contribution in [3.63, 3.8) is 0 Å². The second-order valence-corrected chi connectivity index (χ2v) is 13.9. The largest absolute Gasteiger partial charge is 0.393 e. The van der Waals surface area contributed by atoms with Crippen LogP contribution in [0.1, 0.15) is 112 Å². The van der Waals surface area contributed by atoms with E-state index in [0.717, 1.165) is 49.7 Å². The van der Waals surface area contributed by atoms with Crippen LogP contribution in [0.4, 0.5) is 0 Å². The first kappa shape index (κ1) is 30.6. The van der Waals surface area contributed by atoms with Crippen molar-refractivity contribution >= 4 is 0 Å². The van der Waals surface area contributed by atoms with Crippen molar-refractivity contribution in [2.24, 2.45) is 23.2 Å². The van der Waals surface area contributed by atoms with E-state index in [1.54, 1.807) is 13.8 Å². The molecule has 37 heavy (non-hydrogen) atoms. The third kappa shape index (κ3) is 7.79. The van der Waals surface area contributed by atoms with Crippen molar-refractivity contribution < 1.29 is 25.5 Å². The molecule has 4 unspecified atom stereocenters. The topological polar surface area (TPSA) is 101 Å². The Morgan fingerprint density at radius 2 is 1.76 bits per heavy atom. The molecule has 3 rings (SSSR count). The van der Waals surface area contributed by atoms with Gasteiger partial charge in [0.05, 0.1) is 29.5 Å². The van der Waals surface area contributed by atoms with Gasteiger partial charge in [0.25, 0.3) is 0 Å². The van der Waals surface area contributed by atoms with Gasteiger partial charge in [0.1, 0.15) is 0 Å². The zero-order chi connectivity index (χ0) is 27.6. The Morgan fingerprint density at radius 1 is 1.05 bits per heavy atom. The lowest BCUT2D eigenvalue weighted by atomic mass is 9.60. The molecule has 0 aromatic rings. The third-order valence-electron chi connectivity index (χ3n) is 9.86. The summed E-state index contributed by atoms with van der Waals surface area (Å²) in [6.45, 7) is 13.7. The maximum absolute atomic E-state index is 10.6. The summed E-state index contributed by atoms with van der Waals surface area (Å²) in [4.78, 5) is 0. The minimum atomic E-state index is -1.10. The molecule has 3 fully saturated rings. The number of fused-ring (bicyclic) bond motifs is 1. The number of aliphatic hydroxyl groups excluding tert-OH is 3. The highest BCUT2D eigenvalue weighted by molar-refractivity contribution is 5.38. The Bertz CT molecular complexity index is 844. The number of hydrogen-bond acceptors (Lipinski definition) is 5. The van der Waals surface area contributed by atoms with E-state index in [2.05, 4.69) is 25.7 Å². The molecule has 5 nitrogen and oxygen atoms in total. The molecule has 212 valence electrons. The number of hydrogen-bond donors (Lipinski definition) is 5. The van der Waals surface area contributed by atoms with Gasteiger partial charge in [-0.15, -0.1) is 0 Å². The molecule has 0 saturated heterocycles. The Morgan fingerprint density at radius 3 is 2.41 bits per heavy atom. The molecular weight excluding hydrogens is 464 g/mol. The van der Waals surface area contributed by atoms with E-state index in [9.17, 15) is 25.5 Å². The molecule has 0 bridgehead atoms. The monoisotopic (exact) mass is 518 g/mol. The summed E-state index contributed by atoms with van der Waals surface area (Å²) in [6.07, 6.45) is 13.4. The molecule has 7 atom stereocenters. The van der Waals surface area contributed by atoms with Crippen molar-refractivity contribution in [1.82, 2.24) is 0 Å². The minimum absolute atomic E-state index is 0.199. The van der Waals surface area contributed by atoms with Crippen molar-refractivity contribution in [2.75, 3.05) is 0 Å². The summed E-state index contributed by atoms with van der Waals surface area (Å²) in [7, 11) is 0. The SMILES string of the molecule is C=C1/C(=C\C=C2/CCC[C@@]3(C)C2CCC3C(CCCC(C)(C)O)CCC(O)C(C)(C)O)C[C@@H](O)C[C@@H]1O. The summed E-state index contributed by atoms with van der Waals surface area (Å²) in [5, 5.41) is 51.5. The summed E-state index contributed by atoms with van der Waals surface area (Å²) >= 11 is 0. The van der Waals surface area contributed by atoms with Gasteiger partial charge in [-0.2, -0.15) is 0 Å². The van der Waals surface area contributed by atoms with Crippen LogP contribution < -0.4 is 0 Å². The summed E-state index contributed by atoms with van der Waals surface area (Å²) in [5.74, 6) is 1.53. The van der Waals surface area contributed by atoms with E-state index >= 15 is 0 Å². The van der Waals surface area contributed by atoms with E-state index in [1.807, 2.05) is 13.8 Å². The van der Waals surface area contributed by atoms with Crippen LogP contribution in [-0.4, -0.2) is 55.0 Å². The van der Waals surface area contributed by atoms with Crippen LogP contribution in [-0.2, 0) is 0 Å². The molecule has 5 N–H and O–H groups in total. The lowest BCUT2D eigenvalue weighted by Gasteiger charge is -2.45. The van der Waals surface area contributed by atoms with E-state index in [1.165, 1.54) is 24.8 Å². The second kappa shape index (κ2) is 12.0. The van der Waals surface area contributed by atoms with Crippen molar-refractivity contribution in [3.05, 3.63) is 35.5 Å². The van der Waals surface area contributed by atoms with Crippen LogP contribution in [0.15, 0.2) is 35.5 Å². The van der Waals surface area contributed by atoms with E-state index in [0.29, 0.717) is 37.0 Å². The molecule has 0 aliphatic heterocycles. The van der Waals surface area contributed by atoms with Crippen LogP contribution in [0.2, 0.25) is 0 Å². The predicted octanol–water partition coefficient (Wildman–Crippen LogP) is 5.60. The molecule has 5 heteroatoms. The van der Waals surface area contributed by atoms with Crippen LogP contribution in [0, 0.1) is 23.2 Å². The number of allylic oxidation sites excluding steroid dienone is 3. The number of rotatable bonds is 10. The van der Waals surface area contributed by atoms with Gasteiger partial charge < -0.3 is 25.5 Å². The van der Waals surface area contributed by atoms with Crippen LogP contribution >= 0.6 is 0 Å². The average molecular weight is 519 g/mol. The molecule has 0 aromatic carbocycles. The first-order valence-corrected chi connectivity index (χ1v) is 14.7. The normalized spacial score (nSPS) is 35.1. The fourth-order valence-electron chi connectivity index (χ4n) is 7.59. The van der Waals surface area contributed by atoms with Crippen LogP contribution in [0.3, 0.4) is 0 Å². The van der Waals surface area contributed by atoms with Gasteiger partial charge in [-0.25, -0.2) is 0 Å². The quantitative estimate of drug-likeness (QED) is 0.259. The molecule has 0 spiro atoms. The molecule has 3 aliphatic carbocycles. The zero-order valence-electron chi connectivity index (χ0n) is 24.0. The van der Waals surface area contributed by atoms with Gasteiger partial charge in [-0.3, -0.25) is 0 Å². The van der Waals surface area contributed by atoms with E-state index < -0.39 is 29.5 Å². The van der Waals surface area contributed by atoms with Crippen LogP contribution in [0.25, 0.3) is 0 Å². The van der Waals surface area contributed by atoms with Crippen molar-refractivity contribution in [2.45, 2.75) is 141 Å². The zero-order valence-corrected chi connectivity index (χ0v) is 24.0. The highest BCUT2D eigenvalue weighted by atomic mass is 16.3. The van der Waals surface area contributed by atoms with Gasteiger partial charge in [0, 0.05) is 6.42 Å². The lowest BCUT2D eigenvalue weighted by Crippen LogP contribution is -2.39. The highest BCUT2D eigenvalue weighted by Gasteiger charge is 2.51. The maximum atomic E-state index is 10.6. The fraction of sp³-hybridized carbons (Fsp3) is 0.812. The van der Waals surface area contributed by atoms with Gasteiger partial charge in [0.2, 0.25) is 0 Å². The van der Waals surface area contributed by atoms with Gasteiger partial charge in [-0.05, 0) is 120 Å². The molecule has 0 aromatic heterocycles. The Balaban J connectivity index is 1.79. The molecular formula is C32H54O5. The van der Waals surface area contributed by atoms with E-state index in [4.69, 9.17) is 0 Å². The van der Waals surface area contributed by atoms with Gasteiger partial charge in [0.15, 0.2) is 0 Å². The van der Waals surface area contributed by atoms with Gasteiger partial charge >= 0.3 is 0 Å². The third-order valence-corrected chi connectivity index (χ3v) is 9.86. The fourth-order valence-corrected chi connectivity index (χ4v) is 7.59. The Labute approximate surface area is 225 Å². The Kier molecular flexibility index (Phi) is 9.94. The minimum Gasteiger partial charge on any atom is -0.393 e. The van der Waals surface area contributed by atoms with Crippen molar-refractivity contribution in [3.8, 4) is 0 Å². The van der Waals surface area contributed by atoms with E-state index in [-0.39, 0.29) is 5.41 Å². The molecule has 3 saturated carbocycles.